The number of para-hydroxylation sites is 1. The molecule has 0 heterocycles. The number of carbonyl (C=O) groups excluding carboxylic acids is 1. The molecule has 2 N–H and O–H groups in total. The lowest BCUT2D eigenvalue weighted by molar-refractivity contribution is -0.154. The van der Waals surface area contributed by atoms with Gasteiger partial charge in [-0.15, -0.1) is 0 Å². The van der Waals surface area contributed by atoms with Gasteiger partial charge in [0.05, 0.1) is 0 Å². The second kappa shape index (κ2) is 6.78. The van der Waals surface area contributed by atoms with Gasteiger partial charge in [-0.2, -0.15) is 0 Å². The third kappa shape index (κ3) is 4.57. The zero-order valence-corrected chi connectivity index (χ0v) is 10.1. The number of benzene rings is 1. The van der Waals surface area contributed by atoms with Crippen LogP contribution in [0.5, 0.6) is 5.75 Å². The number of esters is 1. The number of aliphatic hydroxyl groups excluding tert-OH is 2. The van der Waals surface area contributed by atoms with Crippen molar-refractivity contribution in [1.82, 2.24) is 0 Å². The standard InChI is InChI=1S/C13H16O5/c1-9(2)12(15)17-8-11(14)13(16)18-10-6-4-3-5-7-10/h3-7,11,13-14,16H,1,8H2,2H3. The van der Waals surface area contributed by atoms with Crippen LogP contribution in [0.25, 0.3) is 0 Å². The highest BCUT2D eigenvalue weighted by Gasteiger charge is 2.20. The number of rotatable bonds is 6. The van der Waals surface area contributed by atoms with Crippen molar-refractivity contribution in [3.63, 3.8) is 0 Å². The molecule has 0 radical (unpaired) electrons. The Morgan fingerprint density at radius 1 is 1.33 bits per heavy atom. The predicted octanol–water partition coefficient (Wildman–Crippen LogP) is 0.864. The highest BCUT2D eigenvalue weighted by Crippen LogP contribution is 2.11. The lowest BCUT2D eigenvalue weighted by Gasteiger charge is -2.19. The van der Waals surface area contributed by atoms with E-state index in [1.54, 1.807) is 30.3 Å². The van der Waals surface area contributed by atoms with Gasteiger partial charge in [0.2, 0.25) is 6.29 Å². The Kier molecular flexibility index (Phi) is 5.35. The fraction of sp³-hybridized carbons (Fsp3) is 0.308. The Morgan fingerprint density at radius 2 is 1.94 bits per heavy atom. The Morgan fingerprint density at radius 3 is 2.50 bits per heavy atom. The predicted molar refractivity (Wildman–Crippen MR) is 64.9 cm³/mol. The number of carbonyl (C=O) groups is 1. The van der Waals surface area contributed by atoms with Gasteiger partial charge in [-0.1, -0.05) is 24.8 Å². The maximum atomic E-state index is 11.1. The molecule has 2 atom stereocenters. The molecular formula is C13H16O5. The summed E-state index contributed by atoms with van der Waals surface area (Å²) in [6.07, 6.45) is -2.79. The van der Waals surface area contributed by atoms with E-state index in [2.05, 4.69) is 6.58 Å². The van der Waals surface area contributed by atoms with Crippen molar-refractivity contribution in [2.45, 2.75) is 19.3 Å². The number of aliphatic hydroxyl groups is 2. The van der Waals surface area contributed by atoms with Crippen molar-refractivity contribution >= 4 is 5.97 Å². The molecule has 0 aliphatic heterocycles. The molecule has 0 fully saturated rings. The highest BCUT2D eigenvalue weighted by atomic mass is 16.6. The first kappa shape index (κ1) is 14.2. The average Bonchev–Trinajstić information content (AvgIpc) is 2.36. The fourth-order valence-electron chi connectivity index (χ4n) is 1.08. The van der Waals surface area contributed by atoms with Crippen LogP contribution in [-0.2, 0) is 9.53 Å². The highest BCUT2D eigenvalue weighted by molar-refractivity contribution is 5.86. The van der Waals surface area contributed by atoms with Crippen LogP contribution in [0.1, 0.15) is 6.92 Å². The van der Waals surface area contributed by atoms with Gasteiger partial charge in [0.25, 0.3) is 0 Å². The lowest BCUT2D eigenvalue weighted by atomic mass is 10.3. The van der Waals surface area contributed by atoms with Crippen LogP contribution in [-0.4, -0.2) is 35.2 Å². The van der Waals surface area contributed by atoms with Gasteiger partial charge >= 0.3 is 5.97 Å². The molecule has 1 aromatic carbocycles. The van der Waals surface area contributed by atoms with E-state index < -0.39 is 18.4 Å². The smallest absolute Gasteiger partial charge is 0.333 e. The number of ether oxygens (including phenoxy) is 2. The van der Waals surface area contributed by atoms with Crippen molar-refractivity contribution in [1.29, 1.82) is 0 Å². The molecule has 1 rings (SSSR count). The summed E-state index contributed by atoms with van der Waals surface area (Å²) >= 11 is 0. The fourth-order valence-corrected chi connectivity index (χ4v) is 1.08. The van der Waals surface area contributed by atoms with Crippen LogP contribution < -0.4 is 4.74 Å². The van der Waals surface area contributed by atoms with Crippen LogP contribution >= 0.6 is 0 Å². The zero-order chi connectivity index (χ0) is 13.5. The van der Waals surface area contributed by atoms with Gasteiger partial charge in [0.15, 0.2) is 0 Å². The summed E-state index contributed by atoms with van der Waals surface area (Å²) in [6, 6.07) is 8.53. The number of hydrogen-bond acceptors (Lipinski definition) is 5. The summed E-state index contributed by atoms with van der Waals surface area (Å²) in [5.41, 5.74) is 0.223. The Balaban J connectivity index is 2.40. The van der Waals surface area contributed by atoms with Gasteiger partial charge in [-0.3, -0.25) is 0 Å². The summed E-state index contributed by atoms with van der Waals surface area (Å²) < 4.78 is 9.76. The Hall–Kier alpha value is -1.85. The molecule has 0 saturated heterocycles. The molecule has 1 aromatic rings. The van der Waals surface area contributed by atoms with E-state index in [0.29, 0.717) is 5.75 Å². The molecule has 0 aliphatic carbocycles. The monoisotopic (exact) mass is 252 g/mol. The molecule has 2 unspecified atom stereocenters. The quantitative estimate of drug-likeness (QED) is 0.446. The van der Waals surface area contributed by atoms with Crippen molar-refractivity contribution in [3.05, 3.63) is 42.5 Å². The van der Waals surface area contributed by atoms with Crippen LogP contribution in [0, 0.1) is 0 Å². The topological polar surface area (TPSA) is 76.0 Å². The second-order valence-corrected chi connectivity index (χ2v) is 3.77. The van der Waals surface area contributed by atoms with E-state index in [1.165, 1.54) is 6.92 Å². The summed E-state index contributed by atoms with van der Waals surface area (Å²) in [5.74, 6) is -0.212. The Labute approximate surface area is 105 Å². The molecule has 0 spiro atoms. The number of hydrogen-bond donors (Lipinski definition) is 2. The summed E-state index contributed by atoms with van der Waals surface area (Å²) in [4.78, 5) is 11.1. The van der Waals surface area contributed by atoms with E-state index >= 15 is 0 Å². The maximum Gasteiger partial charge on any atom is 0.333 e. The summed E-state index contributed by atoms with van der Waals surface area (Å²) in [5, 5.41) is 19.1. The summed E-state index contributed by atoms with van der Waals surface area (Å²) in [7, 11) is 0. The molecule has 5 heteroatoms. The molecule has 5 nitrogen and oxygen atoms in total. The van der Waals surface area contributed by atoms with E-state index in [4.69, 9.17) is 9.47 Å². The first-order valence-electron chi connectivity index (χ1n) is 5.41. The second-order valence-electron chi connectivity index (χ2n) is 3.77. The molecule has 98 valence electrons. The lowest BCUT2D eigenvalue weighted by Crippen LogP contribution is -2.35. The largest absolute Gasteiger partial charge is 0.462 e. The molecule has 0 bridgehead atoms. The molecule has 0 aliphatic rings. The molecule has 0 aromatic heterocycles. The zero-order valence-electron chi connectivity index (χ0n) is 10.1. The van der Waals surface area contributed by atoms with E-state index in [9.17, 15) is 15.0 Å². The summed E-state index contributed by atoms with van der Waals surface area (Å²) in [6.45, 7) is 4.53. The first-order valence-corrected chi connectivity index (χ1v) is 5.41. The molecule has 0 saturated carbocycles. The van der Waals surface area contributed by atoms with Gasteiger partial charge < -0.3 is 19.7 Å². The van der Waals surface area contributed by atoms with Gasteiger partial charge in [-0.25, -0.2) is 4.79 Å². The first-order chi connectivity index (χ1) is 8.50. The SMILES string of the molecule is C=C(C)C(=O)OCC(O)C(O)Oc1ccccc1. The van der Waals surface area contributed by atoms with Crippen LogP contribution in [0.3, 0.4) is 0 Å². The maximum absolute atomic E-state index is 11.1. The third-order valence-electron chi connectivity index (χ3n) is 2.06. The van der Waals surface area contributed by atoms with Crippen molar-refractivity contribution in [3.8, 4) is 5.75 Å². The van der Waals surface area contributed by atoms with Crippen molar-refractivity contribution < 1.29 is 24.5 Å². The van der Waals surface area contributed by atoms with Crippen molar-refractivity contribution in [2.24, 2.45) is 0 Å². The average molecular weight is 252 g/mol. The normalized spacial score (nSPS) is 13.5. The van der Waals surface area contributed by atoms with Crippen LogP contribution in [0.15, 0.2) is 42.5 Å². The third-order valence-corrected chi connectivity index (χ3v) is 2.06. The molecular weight excluding hydrogens is 236 g/mol. The minimum atomic E-state index is -1.47. The van der Waals surface area contributed by atoms with Crippen molar-refractivity contribution in [2.75, 3.05) is 6.61 Å². The molecule has 0 amide bonds. The van der Waals surface area contributed by atoms with E-state index in [-0.39, 0.29) is 12.2 Å². The minimum Gasteiger partial charge on any atom is -0.462 e. The minimum absolute atomic E-state index is 0.223. The Bertz CT molecular complexity index is 401. The van der Waals surface area contributed by atoms with E-state index in [1.807, 2.05) is 0 Å². The van der Waals surface area contributed by atoms with Gasteiger partial charge in [0, 0.05) is 5.57 Å². The van der Waals surface area contributed by atoms with E-state index in [0.717, 1.165) is 0 Å². The van der Waals surface area contributed by atoms with Crippen LogP contribution in [0.2, 0.25) is 0 Å². The molecule has 18 heavy (non-hydrogen) atoms. The van der Waals surface area contributed by atoms with Crippen LogP contribution in [0.4, 0.5) is 0 Å². The van der Waals surface area contributed by atoms with Gasteiger partial charge in [-0.05, 0) is 19.1 Å². The van der Waals surface area contributed by atoms with Gasteiger partial charge in [0.1, 0.15) is 18.5 Å².